The Morgan fingerprint density at radius 2 is 2.26 bits per heavy atom. The van der Waals surface area contributed by atoms with E-state index >= 15 is 0 Å². The number of sulfonamides is 1. The summed E-state index contributed by atoms with van der Waals surface area (Å²) in [5.74, 6) is 0. The van der Waals surface area contributed by atoms with Gasteiger partial charge in [-0.1, -0.05) is 0 Å². The summed E-state index contributed by atoms with van der Waals surface area (Å²) in [4.78, 5) is -0.261. The molecule has 0 amide bonds. The zero-order valence-electron chi connectivity index (χ0n) is 9.81. The van der Waals surface area contributed by atoms with Crippen molar-refractivity contribution in [3.63, 3.8) is 0 Å². The quantitative estimate of drug-likeness (QED) is 0.826. The Morgan fingerprint density at radius 3 is 2.84 bits per heavy atom. The second-order valence-corrected chi connectivity index (χ2v) is 6.01. The van der Waals surface area contributed by atoms with Crippen molar-refractivity contribution in [3.05, 3.63) is 12.4 Å². The van der Waals surface area contributed by atoms with E-state index < -0.39 is 22.7 Å². The maximum Gasteiger partial charge on any atom is 0.408 e. The SMILES string of the molecule is O=S(=O)(NC1CCNC1)c1cnn(CC(F)(F)F)c1. The second kappa shape index (κ2) is 5.10. The van der Waals surface area contributed by atoms with Gasteiger partial charge in [0.2, 0.25) is 10.0 Å². The minimum Gasteiger partial charge on any atom is -0.315 e. The molecule has 1 aromatic rings. The van der Waals surface area contributed by atoms with Crippen LogP contribution in [0, 0.1) is 0 Å². The van der Waals surface area contributed by atoms with Gasteiger partial charge in [0.05, 0.1) is 6.20 Å². The van der Waals surface area contributed by atoms with Gasteiger partial charge < -0.3 is 5.32 Å². The van der Waals surface area contributed by atoms with Crippen molar-refractivity contribution < 1.29 is 21.6 Å². The van der Waals surface area contributed by atoms with Crippen LogP contribution in [0.5, 0.6) is 0 Å². The van der Waals surface area contributed by atoms with E-state index in [0.29, 0.717) is 24.2 Å². The van der Waals surface area contributed by atoms with Crippen LogP contribution in [-0.2, 0) is 16.6 Å². The van der Waals surface area contributed by atoms with Gasteiger partial charge in [-0.15, -0.1) is 0 Å². The third kappa shape index (κ3) is 3.91. The molecule has 0 spiro atoms. The van der Waals surface area contributed by atoms with Gasteiger partial charge in [0.1, 0.15) is 11.4 Å². The van der Waals surface area contributed by atoms with Crippen LogP contribution < -0.4 is 10.0 Å². The van der Waals surface area contributed by atoms with Crippen molar-refractivity contribution in [1.29, 1.82) is 0 Å². The van der Waals surface area contributed by atoms with E-state index in [1.807, 2.05) is 0 Å². The minimum absolute atomic E-state index is 0.240. The standard InChI is InChI=1S/C9H13F3N4O2S/c10-9(11,12)6-16-5-8(4-14-16)19(17,18)15-7-1-2-13-3-7/h4-5,7,13,15H,1-3,6H2. The largest absolute Gasteiger partial charge is 0.408 e. The molecule has 1 aliphatic rings. The third-order valence-electron chi connectivity index (χ3n) is 2.64. The fraction of sp³-hybridized carbons (Fsp3) is 0.667. The first kappa shape index (κ1) is 14.3. The molecule has 0 bridgehead atoms. The number of hydrogen-bond acceptors (Lipinski definition) is 4. The predicted octanol–water partition coefficient (Wildman–Crippen LogP) is 0.0856. The average Bonchev–Trinajstić information content (AvgIpc) is 2.86. The van der Waals surface area contributed by atoms with Crippen LogP contribution in [0.4, 0.5) is 13.2 Å². The van der Waals surface area contributed by atoms with Crippen LogP contribution in [0.1, 0.15) is 6.42 Å². The van der Waals surface area contributed by atoms with E-state index in [2.05, 4.69) is 15.1 Å². The Bertz CT molecular complexity index is 534. The van der Waals surface area contributed by atoms with Crippen LogP contribution in [0.15, 0.2) is 17.3 Å². The number of rotatable bonds is 4. The van der Waals surface area contributed by atoms with Crippen LogP contribution in [0.25, 0.3) is 0 Å². The Kier molecular flexibility index (Phi) is 3.83. The number of nitrogens with zero attached hydrogens (tertiary/aromatic N) is 2. The molecule has 1 saturated heterocycles. The van der Waals surface area contributed by atoms with E-state index in [-0.39, 0.29) is 10.9 Å². The molecule has 2 N–H and O–H groups in total. The van der Waals surface area contributed by atoms with Crippen molar-refractivity contribution in [2.24, 2.45) is 0 Å². The lowest BCUT2D eigenvalue weighted by Crippen LogP contribution is -2.36. The summed E-state index contributed by atoms with van der Waals surface area (Å²) in [5.41, 5.74) is 0. The Balaban J connectivity index is 2.08. The second-order valence-electron chi connectivity index (χ2n) is 4.30. The highest BCUT2D eigenvalue weighted by Crippen LogP contribution is 2.18. The first-order valence-electron chi connectivity index (χ1n) is 5.58. The monoisotopic (exact) mass is 298 g/mol. The van der Waals surface area contributed by atoms with Crippen LogP contribution in [0.2, 0.25) is 0 Å². The first-order chi connectivity index (χ1) is 8.76. The molecule has 19 heavy (non-hydrogen) atoms. The lowest BCUT2D eigenvalue weighted by molar-refractivity contribution is -0.142. The number of halogens is 3. The maximum absolute atomic E-state index is 12.1. The van der Waals surface area contributed by atoms with Gasteiger partial charge in [-0.25, -0.2) is 13.1 Å². The van der Waals surface area contributed by atoms with E-state index in [1.165, 1.54) is 0 Å². The zero-order valence-corrected chi connectivity index (χ0v) is 10.6. The lowest BCUT2D eigenvalue weighted by atomic mass is 10.3. The molecule has 108 valence electrons. The Hall–Kier alpha value is -1.13. The fourth-order valence-corrected chi connectivity index (χ4v) is 3.02. The molecule has 0 aliphatic carbocycles. The molecule has 1 unspecified atom stereocenters. The molecule has 6 nitrogen and oxygen atoms in total. The van der Waals surface area contributed by atoms with Gasteiger partial charge in [0.25, 0.3) is 0 Å². The lowest BCUT2D eigenvalue weighted by Gasteiger charge is -2.10. The van der Waals surface area contributed by atoms with Gasteiger partial charge in [-0.05, 0) is 13.0 Å². The highest BCUT2D eigenvalue weighted by Gasteiger charge is 2.30. The van der Waals surface area contributed by atoms with E-state index in [0.717, 1.165) is 12.4 Å². The van der Waals surface area contributed by atoms with Crippen molar-refractivity contribution >= 4 is 10.0 Å². The average molecular weight is 298 g/mol. The summed E-state index contributed by atoms with van der Waals surface area (Å²) in [6.45, 7) is -0.0933. The summed E-state index contributed by atoms with van der Waals surface area (Å²) in [6, 6.07) is -0.240. The Morgan fingerprint density at radius 1 is 1.53 bits per heavy atom. The number of hydrogen-bond donors (Lipinski definition) is 2. The van der Waals surface area contributed by atoms with Gasteiger partial charge in [-0.2, -0.15) is 18.3 Å². The Labute approximate surface area is 108 Å². The maximum atomic E-state index is 12.1. The molecule has 2 heterocycles. The molecule has 0 saturated carbocycles. The van der Waals surface area contributed by atoms with Crippen LogP contribution in [-0.4, -0.2) is 43.5 Å². The highest BCUT2D eigenvalue weighted by molar-refractivity contribution is 7.89. The minimum atomic E-state index is -4.43. The smallest absolute Gasteiger partial charge is 0.315 e. The van der Waals surface area contributed by atoms with E-state index in [9.17, 15) is 21.6 Å². The number of aromatic nitrogens is 2. The van der Waals surface area contributed by atoms with Crippen molar-refractivity contribution in [2.75, 3.05) is 13.1 Å². The first-order valence-corrected chi connectivity index (χ1v) is 7.07. The van der Waals surface area contributed by atoms with Gasteiger partial charge in [0, 0.05) is 18.8 Å². The highest BCUT2D eigenvalue weighted by atomic mass is 32.2. The number of alkyl halides is 3. The molecule has 0 aromatic carbocycles. The summed E-state index contributed by atoms with van der Waals surface area (Å²) < 4.78 is 63.2. The summed E-state index contributed by atoms with van der Waals surface area (Å²) in [7, 11) is -3.82. The predicted molar refractivity (Wildman–Crippen MR) is 59.9 cm³/mol. The topological polar surface area (TPSA) is 76.0 Å². The molecular formula is C9H13F3N4O2S. The van der Waals surface area contributed by atoms with E-state index in [1.54, 1.807) is 0 Å². The summed E-state index contributed by atoms with van der Waals surface area (Å²) in [6.07, 6.45) is -2.00. The van der Waals surface area contributed by atoms with Crippen molar-refractivity contribution in [3.8, 4) is 0 Å². The molecule has 1 aliphatic heterocycles. The van der Waals surface area contributed by atoms with Gasteiger partial charge in [-0.3, -0.25) is 4.68 Å². The van der Waals surface area contributed by atoms with Crippen molar-refractivity contribution in [2.45, 2.75) is 30.1 Å². The van der Waals surface area contributed by atoms with Crippen LogP contribution >= 0.6 is 0 Å². The molecule has 1 fully saturated rings. The van der Waals surface area contributed by atoms with Gasteiger partial charge in [0.15, 0.2) is 0 Å². The summed E-state index contributed by atoms with van der Waals surface area (Å²) >= 11 is 0. The third-order valence-corrected chi connectivity index (χ3v) is 4.12. The molecule has 1 aromatic heterocycles. The fourth-order valence-electron chi connectivity index (χ4n) is 1.80. The molecule has 2 rings (SSSR count). The molecular weight excluding hydrogens is 285 g/mol. The van der Waals surface area contributed by atoms with Gasteiger partial charge >= 0.3 is 6.18 Å². The number of nitrogens with one attached hydrogen (secondary N) is 2. The normalized spacial score (nSPS) is 20.9. The van der Waals surface area contributed by atoms with E-state index in [4.69, 9.17) is 0 Å². The van der Waals surface area contributed by atoms with Crippen molar-refractivity contribution in [1.82, 2.24) is 19.8 Å². The molecule has 10 heteroatoms. The molecule has 1 atom stereocenters. The zero-order chi connectivity index (χ0) is 14.1. The molecule has 0 radical (unpaired) electrons. The summed E-state index contributed by atoms with van der Waals surface area (Å²) in [5, 5.41) is 6.39. The van der Waals surface area contributed by atoms with Crippen LogP contribution in [0.3, 0.4) is 0 Å².